The lowest BCUT2D eigenvalue weighted by Crippen LogP contribution is -2.35. The minimum Gasteiger partial charge on any atom is -0.480 e. The summed E-state index contributed by atoms with van der Waals surface area (Å²) in [5.41, 5.74) is 0. The summed E-state index contributed by atoms with van der Waals surface area (Å²) in [6, 6.07) is 0.0646. The first-order valence-corrected chi connectivity index (χ1v) is 5.86. The van der Waals surface area contributed by atoms with E-state index >= 15 is 0 Å². The molecule has 2 heterocycles. The zero-order valence-electron chi connectivity index (χ0n) is 8.95. The molecular weight excluding hydrogens is 194 g/mol. The van der Waals surface area contributed by atoms with Gasteiger partial charge in [-0.05, 0) is 38.5 Å². The second-order valence-corrected chi connectivity index (χ2v) is 4.54. The molecule has 15 heavy (non-hydrogen) atoms. The number of nitrogens with one attached hydrogen (secondary N) is 1. The minimum absolute atomic E-state index is 0.320. The van der Waals surface area contributed by atoms with E-state index in [-0.39, 0.29) is 6.04 Å². The third kappa shape index (κ3) is 2.92. The number of carboxylic acids is 1. The van der Waals surface area contributed by atoms with Crippen molar-refractivity contribution in [1.82, 2.24) is 5.32 Å². The Labute approximate surface area is 90.0 Å². The Morgan fingerprint density at radius 2 is 2.20 bits per heavy atom. The van der Waals surface area contributed by atoms with Crippen LogP contribution in [0.1, 0.15) is 38.5 Å². The SMILES string of the molecule is O=C(O)C1CCC(CCC2CCCO2)N1. The summed E-state index contributed by atoms with van der Waals surface area (Å²) < 4.78 is 5.54. The van der Waals surface area contributed by atoms with Crippen LogP contribution in [0, 0.1) is 0 Å². The van der Waals surface area contributed by atoms with Gasteiger partial charge in [0.2, 0.25) is 0 Å². The molecule has 2 N–H and O–H groups in total. The average molecular weight is 213 g/mol. The van der Waals surface area contributed by atoms with E-state index in [0.29, 0.717) is 12.1 Å². The predicted octanol–water partition coefficient (Wildman–Crippen LogP) is 1.15. The van der Waals surface area contributed by atoms with E-state index in [2.05, 4.69) is 5.32 Å². The Hall–Kier alpha value is -0.610. The highest BCUT2D eigenvalue weighted by molar-refractivity contribution is 5.73. The van der Waals surface area contributed by atoms with Crippen LogP contribution in [0.2, 0.25) is 0 Å². The first-order chi connectivity index (χ1) is 7.25. The highest BCUT2D eigenvalue weighted by Crippen LogP contribution is 2.22. The fourth-order valence-corrected chi connectivity index (χ4v) is 2.50. The molecule has 0 aromatic rings. The Morgan fingerprint density at radius 1 is 1.33 bits per heavy atom. The first-order valence-electron chi connectivity index (χ1n) is 5.86. The Balaban J connectivity index is 1.66. The molecule has 0 radical (unpaired) electrons. The Morgan fingerprint density at radius 3 is 2.80 bits per heavy atom. The van der Waals surface area contributed by atoms with Gasteiger partial charge in [0.25, 0.3) is 0 Å². The molecule has 2 fully saturated rings. The Kier molecular flexibility index (Phi) is 3.59. The molecule has 0 aromatic carbocycles. The van der Waals surface area contributed by atoms with Gasteiger partial charge in [0.05, 0.1) is 6.10 Å². The molecule has 0 amide bonds. The van der Waals surface area contributed by atoms with E-state index in [9.17, 15) is 4.79 Å². The summed E-state index contributed by atoms with van der Waals surface area (Å²) in [6.07, 6.45) is 6.67. The monoisotopic (exact) mass is 213 g/mol. The lowest BCUT2D eigenvalue weighted by atomic mass is 10.0. The van der Waals surface area contributed by atoms with E-state index < -0.39 is 5.97 Å². The number of hydrogen-bond acceptors (Lipinski definition) is 3. The van der Waals surface area contributed by atoms with Gasteiger partial charge in [0, 0.05) is 12.6 Å². The molecule has 86 valence electrons. The number of rotatable bonds is 4. The first kappa shape index (κ1) is 10.9. The van der Waals surface area contributed by atoms with Crippen molar-refractivity contribution in [3.63, 3.8) is 0 Å². The van der Waals surface area contributed by atoms with Crippen LogP contribution >= 0.6 is 0 Å². The van der Waals surface area contributed by atoms with Crippen molar-refractivity contribution in [2.75, 3.05) is 6.61 Å². The number of carbonyl (C=O) groups is 1. The van der Waals surface area contributed by atoms with Crippen LogP contribution in [0.15, 0.2) is 0 Å². The molecule has 2 aliphatic heterocycles. The van der Waals surface area contributed by atoms with Crippen LogP contribution in [0.3, 0.4) is 0 Å². The van der Waals surface area contributed by atoms with Crippen molar-refractivity contribution in [3.05, 3.63) is 0 Å². The summed E-state index contributed by atoms with van der Waals surface area (Å²) in [5.74, 6) is -0.713. The van der Waals surface area contributed by atoms with Crippen LogP contribution in [0.5, 0.6) is 0 Å². The third-order valence-corrected chi connectivity index (χ3v) is 3.40. The number of carboxylic acid groups (broad SMARTS) is 1. The van der Waals surface area contributed by atoms with Crippen molar-refractivity contribution < 1.29 is 14.6 Å². The van der Waals surface area contributed by atoms with Gasteiger partial charge >= 0.3 is 5.97 Å². The van der Waals surface area contributed by atoms with E-state index in [1.165, 1.54) is 12.8 Å². The summed E-state index contributed by atoms with van der Waals surface area (Å²) in [5, 5.41) is 12.0. The van der Waals surface area contributed by atoms with E-state index in [4.69, 9.17) is 9.84 Å². The molecule has 2 saturated heterocycles. The summed E-state index contributed by atoms with van der Waals surface area (Å²) >= 11 is 0. The molecule has 2 aliphatic rings. The zero-order valence-corrected chi connectivity index (χ0v) is 8.95. The molecule has 3 unspecified atom stereocenters. The zero-order chi connectivity index (χ0) is 10.7. The molecule has 0 bridgehead atoms. The second kappa shape index (κ2) is 4.94. The molecule has 0 aromatic heterocycles. The molecule has 4 heteroatoms. The van der Waals surface area contributed by atoms with Crippen molar-refractivity contribution in [1.29, 1.82) is 0 Å². The molecule has 4 nitrogen and oxygen atoms in total. The summed E-state index contributed by atoms with van der Waals surface area (Å²) in [7, 11) is 0. The normalized spacial score (nSPS) is 35.9. The van der Waals surface area contributed by atoms with Gasteiger partial charge in [-0.2, -0.15) is 0 Å². The van der Waals surface area contributed by atoms with Crippen LogP contribution in [0.25, 0.3) is 0 Å². The summed E-state index contributed by atoms with van der Waals surface area (Å²) in [4.78, 5) is 10.7. The van der Waals surface area contributed by atoms with Gasteiger partial charge in [-0.3, -0.25) is 4.79 Å². The van der Waals surface area contributed by atoms with Gasteiger partial charge < -0.3 is 15.2 Å². The van der Waals surface area contributed by atoms with Crippen LogP contribution in [-0.4, -0.2) is 35.9 Å². The smallest absolute Gasteiger partial charge is 0.320 e. The molecule has 0 aliphatic carbocycles. The third-order valence-electron chi connectivity index (χ3n) is 3.40. The van der Waals surface area contributed by atoms with Gasteiger partial charge in [0.15, 0.2) is 0 Å². The van der Waals surface area contributed by atoms with E-state index in [1.54, 1.807) is 0 Å². The fraction of sp³-hybridized carbons (Fsp3) is 0.909. The molecule has 3 atom stereocenters. The van der Waals surface area contributed by atoms with Gasteiger partial charge in [0.1, 0.15) is 6.04 Å². The number of ether oxygens (including phenoxy) is 1. The minimum atomic E-state index is -0.713. The fourth-order valence-electron chi connectivity index (χ4n) is 2.50. The molecular formula is C11H19NO3. The highest BCUT2D eigenvalue weighted by Gasteiger charge is 2.29. The molecule has 0 spiro atoms. The van der Waals surface area contributed by atoms with Gasteiger partial charge in [-0.1, -0.05) is 0 Å². The maximum Gasteiger partial charge on any atom is 0.320 e. The van der Waals surface area contributed by atoms with Gasteiger partial charge in [-0.15, -0.1) is 0 Å². The highest BCUT2D eigenvalue weighted by atomic mass is 16.5. The average Bonchev–Trinajstić information content (AvgIpc) is 2.86. The van der Waals surface area contributed by atoms with E-state index in [0.717, 1.165) is 32.3 Å². The second-order valence-electron chi connectivity index (χ2n) is 4.54. The van der Waals surface area contributed by atoms with Crippen LogP contribution < -0.4 is 5.32 Å². The predicted molar refractivity (Wildman–Crippen MR) is 55.8 cm³/mol. The van der Waals surface area contributed by atoms with E-state index in [1.807, 2.05) is 0 Å². The molecule has 2 rings (SSSR count). The van der Waals surface area contributed by atoms with Crippen molar-refractivity contribution in [3.8, 4) is 0 Å². The standard InChI is InChI=1S/C11H19NO3/c13-11(14)10-6-4-8(12-10)3-5-9-2-1-7-15-9/h8-10,12H,1-7H2,(H,13,14). The van der Waals surface area contributed by atoms with Crippen molar-refractivity contribution in [2.45, 2.75) is 56.7 Å². The lowest BCUT2D eigenvalue weighted by molar-refractivity contribution is -0.139. The molecule has 0 saturated carbocycles. The lowest BCUT2D eigenvalue weighted by Gasteiger charge is -2.14. The van der Waals surface area contributed by atoms with Crippen molar-refractivity contribution in [2.24, 2.45) is 0 Å². The Bertz CT molecular complexity index is 226. The number of aliphatic carboxylic acids is 1. The topological polar surface area (TPSA) is 58.6 Å². The van der Waals surface area contributed by atoms with Crippen LogP contribution in [-0.2, 0) is 9.53 Å². The van der Waals surface area contributed by atoms with Crippen molar-refractivity contribution >= 4 is 5.97 Å². The quantitative estimate of drug-likeness (QED) is 0.735. The largest absolute Gasteiger partial charge is 0.480 e. The number of hydrogen-bond donors (Lipinski definition) is 2. The maximum atomic E-state index is 10.7. The summed E-state index contributed by atoms with van der Waals surface area (Å²) in [6.45, 7) is 0.903. The van der Waals surface area contributed by atoms with Gasteiger partial charge in [-0.25, -0.2) is 0 Å². The maximum absolute atomic E-state index is 10.7. The van der Waals surface area contributed by atoms with Crippen LogP contribution in [0.4, 0.5) is 0 Å².